The fourth-order valence-corrected chi connectivity index (χ4v) is 4.98. The Balaban J connectivity index is 1.64. The Hall–Kier alpha value is -2.46. The summed E-state index contributed by atoms with van der Waals surface area (Å²) in [7, 11) is 0. The van der Waals surface area contributed by atoms with Gasteiger partial charge in [-0.1, -0.05) is 49.4 Å². The van der Waals surface area contributed by atoms with Gasteiger partial charge in [0.15, 0.2) is 0 Å². The highest BCUT2D eigenvalue weighted by Gasteiger charge is 2.66. The van der Waals surface area contributed by atoms with E-state index in [0.717, 1.165) is 6.54 Å². The maximum Gasteiger partial charge on any atom is 0.239 e. The van der Waals surface area contributed by atoms with Crippen LogP contribution in [0.2, 0.25) is 0 Å². The third kappa shape index (κ3) is 1.52. The summed E-state index contributed by atoms with van der Waals surface area (Å²) in [5, 5.41) is 0. The molecule has 3 aliphatic heterocycles. The van der Waals surface area contributed by atoms with Crippen molar-refractivity contribution >= 4 is 17.5 Å². The summed E-state index contributed by atoms with van der Waals surface area (Å²) in [6.45, 7) is 2.96. The van der Waals surface area contributed by atoms with Crippen LogP contribution in [0.25, 0.3) is 0 Å². The van der Waals surface area contributed by atoms with E-state index in [1.165, 1.54) is 16.0 Å². The quantitative estimate of drug-likeness (QED) is 0.800. The van der Waals surface area contributed by atoms with E-state index >= 15 is 0 Å². The molecule has 2 fully saturated rings. The van der Waals surface area contributed by atoms with Crippen LogP contribution >= 0.6 is 0 Å². The zero-order chi connectivity index (χ0) is 16.4. The number of nitrogens with zero attached hydrogens (tertiary/aromatic N) is 2. The SMILES string of the molecule is CCN1[C@@H]2c3ccccc3[C@H]1[C@H]1C(=O)N(c3ccccc3)C(=O)[C@H]12. The molecule has 3 heterocycles. The molecule has 3 aliphatic rings. The van der Waals surface area contributed by atoms with E-state index < -0.39 is 0 Å². The molecule has 5 rings (SSSR count). The topological polar surface area (TPSA) is 40.6 Å². The van der Waals surface area contributed by atoms with Crippen LogP contribution < -0.4 is 4.90 Å². The van der Waals surface area contributed by atoms with Crippen molar-refractivity contribution < 1.29 is 9.59 Å². The summed E-state index contributed by atoms with van der Waals surface area (Å²) >= 11 is 0. The predicted octanol–water partition coefficient (Wildman–Crippen LogP) is 2.92. The average molecular weight is 318 g/mol. The molecule has 2 bridgehead atoms. The Kier molecular flexibility index (Phi) is 2.77. The lowest BCUT2D eigenvalue weighted by molar-refractivity contribution is -0.123. The highest BCUT2D eigenvalue weighted by Crippen LogP contribution is 2.62. The van der Waals surface area contributed by atoms with Crippen molar-refractivity contribution in [2.45, 2.75) is 19.0 Å². The first-order valence-corrected chi connectivity index (χ1v) is 8.51. The molecule has 0 saturated carbocycles. The Bertz CT molecular complexity index is 799. The van der Waals surface area contributed by atoms with Crippen LogP contribution in [0.4, 0.5) is 5.69 Å². The van der Waals surface area contributed by atoms with Gasteiger partial charge in [0.05, 0.1) is 17.5 Å². The minimum Gasteiger partial charge on any atom is -0.288 e. The number of carbonyl (C=O) groups excluding carboxylic acids is 2. The number of imide groups is 1. The molecule has 2 saturated heterocycles. The number of carbonyl (C=O) groups is 2. The van der Waals surface area contributed by atoms with Crippen molar-refractivity contribution in [1.82, 2.24) is 4.90 Å². The molecule has 4 nitrogen and oxygen atoms in total. The molecule has 0 radical (unpaired) electrons. The predicted molar refractivity (Wildman–Crippen MR) is 90.2 cm³/mol. The summed E-state index contributed by atoms with van der Waals surface area (Å²) < 4.78 is 0. The number of hydrogen-bond donors (Lipinski definition) is 0. The third-order valence-electron chi connectivity index (χ3n) is 5.81. The Morgan fingerprint density at radius 2 is 1.29 bits per heavy atom. The summed E-state index contributed by atoms with van der Waals surface area (Å²) in [5.41, 5.74) is 3.14. The van der Waals surface area contributed by atoms with Crippen molar-refractivity contribution in [3.8, 4) is 0 Å². The molecule has 0 spiro atoms. The molecular formula is C20H18N2O2. The first-order chi connectivity index (χ1) is 11.7. The number of hydrogen-bond acceptors (Lipinski definition) is 3. The van der Waals surface area contributed by atoms with Gasteiger partial charge in [-0.25, -0.2) is 4.90 Å². The van der Waals surface area contributed by atoms with Gasteiger partial charge >= 0.3 is 0 Å². The molecular weight excluding hydrogens is 300 g/mol. The van der Waals surface area contributed by atoms with Gasteiger partial charge in [0.1, 0.15) is 0 Å². The van der Waals surface area contributed by atoms with Gasteiger partial charge in [-0.05, 0) is 29.8 Å². The normalized spacial score (nSPS) is 30.8. The summed E-state index contributed by atoms with van der Waals surface area (Å²) in [4.78, 5) is 30.0. The second-order valence-corrected chi connectivity index (χ2v) is 6.75. The van der Waals surface area contributed by atoms with E-state index in [1.54, 1.807) is 0 Å². The van der Waals surface area contributed by atoms with Crippen molar-refractivity contribution in [2.24, 2.45) is 11.8 Å². The Labute approximate surface area is 140 Å². The first-order valence-electron chi connectivity index (χ1n) is 8.51. The van der Waals surface area contributed by atoms with Gasteiger partial charge in [0.25, 0.3) is 0 Å². The number of para-hydroxylation sites is 1. The molecule has 120 valence electrons. The molecule has 24 heavy (non-hydrogen) atoms. The monoisotopic (exact) mass is 318 g/mol. The number of benzene rings is 2. The fourth-order valence-electron chi connectivity index (χ4n) is 4.98. The van der Waals surface area contributed by atoms with Crippen molar-refractivity contribution in [2.75, 3.05) is 11.4 Å². The van der Waals surface area contributed by atoms with Crippen molar-refractivity contribution in [3.05, 3.63) is 65.7 Å². The largest absolute Gasteiger partial charge is 0.288 e. The molecule has 0 N–H and O–H groups in total. The summed E-state index contributed by atoms with van der Waals surface area (Å²) in [5.74, 6) is -0.594. The van der Waals surface area contributed by atoms with E-state index in [0.29, 0.717) is 5.69 Å². The Morgan fingerprint density at radius 3 is 1.79 bits per heavy atom. The van der Waals surface area contributed by atoms with Crippen LogP contribution in [0.3, 0.4) is 0 Å². The molecule has 2 aromatic rings. The van der Waals surface area contributed by atoms with E-state index in [9.17, 15) is 9.59 Å². The van der Waals surface area contributed by atoms with Crippen molar-refractivity contribution in [3.63, 3.8) is 0 Å². The Morgan fingerprint density at radius 1 is 0.792 bits per heavy atom. The highest BCUT2D eigenvalue weighted by atomic mass is 16.2. The van der Waals surface area contributed by atoms with E-state index in [1.807, 2.05) is 42.5 Å². The maximum absolute atomic E-state index is 13.1. The first kappa shape index (κ1) is 13.9. The zero-order valence-electron chi connectivity index (χ0n) is 13.4. The van der Waals surface area contributed by atoms with Crippen LogP contribution in [0.15, 0.2) is 54.6 Å². The minimum absolute atomic E-state index is 0.0337. The lowest BCUT2D eigenvalue weighted by Crippen LogP contribution is -2.36. The fraction of sp³-hybridized carbons (Fsp3) is 0.300. The lowest BCUT2D eigenvalue weighted by atomic mass is 9.77. The van der Waals surface area contributed by atoms with Gasteiger partial charge in [0.2, 0.25) is 11.8 Å². The number of fused-ring (bicyclic) bond motifs is 8. The number of rotatable bonds is 2. The standard InChI is InChI=1S/C20H18N2O2/c1-2-21-17-13-10-6-7-11-14(13)18(21)16-15(17)19(23)22(20(16)24)12-8-4-3-5-9-12/h3-11,15-18H,2H2,1H3/t15-,16+,17-,18+. The third-order valence-corrected chi connectivity index (χ3v) is 5.81. The summed E-state index contributed by atoms with van der Waals surface area (Å²) in [6.07, 6.45) is 0. The number of amides is 2. The molecule has 0 aliphatic carbocycles. The zero-order valence-corrected chi connectivity index (χ0v) is 13.4. The van der Waals surface area contributed by atoms with E-state index in [2.05, 4.69) is 24.0 Å². The van der Waals surface area contributed by atoms with Gasteiger partial charge in [-0.2, -0.15) is 0 Å². The molecule has 0 aromatic heterocycles. The second kappa shape index (κ2) is 4.77. The van der Waals surface area contributed by atoms with E-state index in [4.69, 9.17) is 0 Å². The van der Waals surface area contributed by atoms with Crippen LogP contribution in [0, 0.1) is 11.8 Å². The minimum atomic E-state index is -0.252. The molecule has 4 atom stereocenters. The van der Waals surface area contributed by atoms with Gasteiger partial charge in [-0.3, -0.25) is 14.5 Å². The number of anilines is 1. The van der Waals surface area contributed by atoms with Crippen LogP contribution in [0.5, 0.6) is 0 Å². The maximum atomic E-state index is 13.1. The van der Waals surface area contributed by atoms with Crippen molar-refractivity contribution in [1.29, 1.82) is 0 Å². The van der Waals surface area contributed by atoms with Gasteiger partial charge in [0, 0.05) is 12.1 Å². The second-order valence-electron chi connectivity index (χ2n) is 6.75. The van der Waals surface area contributed by atoms with Crippen LogP contribution in [-0.4, -0.2) is 23.3 Å². The molecule has 0 unspecified atom stereocenters. The highest BCUT2D eigenvalue weighted by molar-refractivity contribution is 6.23. The smallest absolute Gasteiger partial charge is 0.239 e. The van der Waals surface area contributed by atoms with Gasteiger partial charge in [-0.15, -0.1) is 0 Å². The lowest BCUT2D eigenvalue weighted by Gasteiger charge is -2.25. The summed E-state index contributed by atoms with van der Waals surface area (Å²) in [6, 6.07) is 17.6. The van der Waals surface area contributed by atoms with Crippen LogP contribution in [0.1, 0.15) is 30.1 Å². The van der Waals surface area contributed by atoms with Gasteiger partial charge < -0.3 is 0 Å². The average Bonchev–Trinajstić information content (AvgIpc) is 3.21. The molecule has 4 heteroatoms. The molecule has 2 aromatic carbocycles. The molecule has 2 amide bonds. The van der Waals surface area contributed by atoms with Crippen LogP contribution in [-0.2, 0) is 9.59 Å². The van der Waals surface area contributed by atoms with E-state index in [-0.39, 0.29) is 35.7 Å².